The Bertz CT molecular complexity index is 762. The standard InChI is InChI=1S/C17H19N3O3/c1-10-15-12(5-4-6-13(15)21)19-16(10)17(22)20(2)11-7-8-14(23-3)18-9-11/h7-9,19H,4-6H2,1-3H3. The van der Waals surface area contributed by atoms with Gasteiger partial charge in [0.1, 0.15) is 5.69 Å². The Hall–Kier alpha value is -2.63. The topological polar surface area (TPSA) is 75.3 Å². The van der Waals surface area contributed by atoms with Crippen LogP contribution < -0.4 is 9.64 Å². The number of amides is 1. The first-order valence-corrected chi connectivity index (χ1v) is 7.55. The van der Waals surface area contributed by atoms with Crippen LogP contribution in [0.5, 0.6) is 5.88 Å². The SMILES string of the molecule is COc1ccc(N(C)C(=O)c2[nH]c3c(c2C)C(=O)CCC3)cn1. The number of H-pyrrole nitrogens is 1. The van der Waals surface area contributed by atoms with E-state index < -0.39 is 0 Å². The third-order valence-corrected chi connectivity index (χ3v) is 4.27. The van der Waals surface area contributed by atoms with E-state index in [0.717, 1.165) is 24.1 Å². The van der Waals surface area contributed by atoms with Gasteiger partial charge in [-0.15, -0.1) is 0 Å². The third kappa shape index (κ3) is 2.60. The molecular weight excluding hydrogens is 294 g/mol. The van der Waals surface area contributed by atoms with Crippen molar-refractivity contribution < 1.29 is 14.3 Å². The minimum atomic E-state index is -0.184. The van der Waals surface area contributed by atoms with Crippen LogP contribution in [0.3, 0.4) is 0 Å². The minimum absolute atomic E-state index is 0.118. The Kier molecular flexibility index (Phi) is 3.90. The summed E-state index contributed by atoms with van der Waals surface area (Å²) in [5.41, 5.74) is 3.45. The predicted octanol–water partition coefficient (Wildman–Crippen LogP) is 2.52. The predicted molar refractivity (Wildman–Crippen MR) is 86.3 cm³/mol. The molecule has 23 heavy (non-hydrogen) atoms. The van der Waals surface area contributed by atoms with Crippen molar-refractivity contribution in [3.8, 4) is 5.88 Å². The Morgan fingerprint density at radius 1 is 1.35 bits per heavy atom. The Morgan fingerprint density at radius 2 is 2.13 bits per heavy atom. The van der Waals surface area contributed by atoms with Gasteiger partial charge in [-0.2, -0.15) is 0 Å². The number of pyridine rings is 1. The van der Waals surface area contributed by atoms with Gasteiger partial charge in [0.05, 0.1) is 19.0 Å². The van der Waals surface area contributed by atoms with E-state index in [1.165, 1.54) is 4.90 Å². The number of aromatic amines is 1. The molecule has 0 aromatic carbocycles. The number of anilines is 1. The fourth-order valence-corrected chi connectivity index (χ4v) is 2.96. The van der Waals surface area contributed by atoms with Crippen molar-refractivity contribution in [1.82, 2.24) is 9.97 Å². The fourth-order valence-electron chi connectivity index (χ4n) is 2.96. The first kappa shape index (κ1) is 15.3. The van der Waals surface area contributed by atoms with E-state index in [2.05, 4.69) is 9.97 Å². The smallest absolute Gasteiger partial charge is 0.274 e. The summed E-state index contributed by atoms with van der Waals surface area (Å²) in [5.74, 6) is 0.427. The number of carbonyl (C=O) groups excluding carboxylic acids is 2. The molecular formula is C17H19N3O3. The van der Waals surface area contributed by atoms with Gasteiger partial charge in [-0.3, -0.25) is 9.59 Å². The molecule has 6 nitrogen and oxygen atoms in total. The number of aryl methyl sites for hydroxylation is 1. The summed E-state index contributed by atoms with van der Waals surface area (Å²) >= 11 is 0. The number of hydrogen-bond acceptors (Lipinski definition) is 4. The number of ether oxygens (including phenoxy) is 1. The van der Waals surface area contributed by atoms with Gasteiger partial charge in [-0.25, -0.2) is 4.98 Å². The van der Waals surface area contributed by atoms with Crippen LogP contribution in [0.1, 0.15) is 44.9 Å². The summed E-state index contributed by atoms with van der Waals surface area (Å²) in [6.07, 6.45) is 3.78. The molecule has 120 valence electrons. The van der Waals surface area contributed by atoms with Crippen molar-refractivity contribution in [3.63, 3.8) is 0 Å². The van der Waals surface area contributed by atoms with E-state index in [0.29, 0.717) is 29.2 Å². The summed E-state index contributed by atoms with van der Waals surface area (Å²) < 4.78 is 5.02. The zero-order chi connectivity index (χ0) is 16.6. The third-order valence-electron chi connectivity index (χ3n) is 4.27. The Labute approximate surface area is 134 Å². The lowest BCUT2D eigenvalue weighted by Crippen LogP contribution is -2.27. The van der Waals surface area contributed by atoms with Crippen molar-refractivity contribution in [2.75, 3.05) is 19.1 Å². The normalized spacial score (nSPS) is 13.6. The van der Waals surface area contributed by atoms with Gasteiger partial charge >= 0.3 is 0 Å². The second-order valence-corrected chi connectivity index (χ2v) is 5.68. The highest BCUT2D eigenvalue weighted by Crippen LogP contribution is 2.28. The monoisotopic (exact) mass is 313 g/mol. The highest BCUT2D eigenvalue weighted by Gasteiger charge is 2.27. The minimum Gasteiger partial charge on any atom is -0.481 e. The number of rotatable bonds is 3. The summed E-state index contributed by atoms with van der Waals surface area (Å²) in [6.45, 7) is 1.83. The second kappa shape index (κ2) is 5.87. The highest BCUT2D eigenvalue weighted by molar-refractivity contribution is 6.09. The van der Waals surface area contributed by atoms with Gasteiger partial charge in [0.25, 0.3) is 5.91 Å². The van der Waals surface area contributed by atoms with Crippen LogP contribution in [0.2, 0.25) is 0 Å². The number of methoxy groups -OCH3 is 1. The number of nitrogens with one attached hydrogen (secondary N) is 1. The molecule has 0 atom stereocenters. The molecule has 0 bridgehead atoms. The quantitative estimate of drug-likeness (QED) is 0.945. The number of ketones is 1. The summed E-state index contributed by atoms with van der Waals surface area (Å²) in [5, 5.41) is 0. The molecule has 3 rings (SSSR count). The maximum Gasteiger partial charge on any atom is 0.274 e. The Balaban J connectivity index is 1.92. The molecule has 0 saturated carbocycles. The average molecular weight is 313 g/mol. The molecule has 0 saturated heterocycles. The van der Waals surface area contributed by atoms with Crippen molar-refractivity contribution >= 4 is 17.4 Å². The maximum absolute atomic E-state index is 12.8. The van der Waals surface area contributed by atoms with Crippen LogP contribution in [-0.4, -0.2) is 35.8 Å². The summed E-state index contributed by atoms with van der Waals surface area (Å²) in [6, 6.07) is 3.47. The lowest BCUT2D eigenvalue weighted by atomic mass is 9.94. The van der Waals surface area contributed by atoms with Crippen LogP contribution >= 0.6 is 0 Å². The molecule has 2 aromatic heterocycles. The summed E-state index contributed by atoms with van der Waals surface area (Å²) in [7, 11) is 3.23. The maximum atomic E-state index is 12.8. The number of nitrogens with zero attached hydrogens (tertiary/aromatic N) is 2. The van der Waals surface area contributed by atoms with E-state index in [1.54, 1.807) is 32.5 Å². The molecule has 1 aliphatic rings. The zero-order valence-electron chi connectivity index (χ0n) is 13.5. The first-order valence-electron chi connectivity index (χ1n) is 7.55. The van der Waals surface area contributed by atoms with E-state index in [1.807, 2.05) is 6.92 Å². The van der Waals surface area contributed by atoms with Crippen molar-refractivity contribution in [2.24, 2.45) is 0 Å². The molecule has 1 N–H and O–H groups in total. The van der Waals surface area contributed by atoms with Crippen LogP contribution in [0.4, 0.5) is 5.69 Å². The molecule has 0 aliphatic heterocycles. The molecule has 6 heteroatoms. The summed E-state index contributed by atoms with van der Waals surface area (Å²) in [4.78, 5) is 33.6. The molecule has 0 radical (unpaired) electrons. The molecule has 2 heterocycles. The number of carbonyl (C=O) groups is 2. The number of Topliss-reactive ketones (excluding diaryl/α,β-unsaturated/α-hetero) is 1. The van der Waals surface area contributed by atoms with Gasteiger partial charge in [-0.05, 0) is 31.4 Å². The van der Waals surface area contributed by atoms with E-state index in [4.69, 9.17) is 4.74 Å². The molecule has 0 spiro atoms. The van der Waals surface area contributed by atoms with Crippen LogP contribution in [-0.2, 0) is 6.42 Å². The van der Waals surface area contributed by atoms with Crippen LogP contribution in [0.25, 0.3) is 0 Å². The lowest BCUT2D eigenvalue weighted by Gasteiger charge is -2.17. The average Bonchev–Trinajstić information content (AvgIpc) is 2.92. The molecule has 0 fully saturated rings. The van der Waals surface area contributed by atoms with Crippen molar-refractivity contribution in [1.29, 1.82) is 0 Å². The molecule has 1 amide bonds. The largest absolute Gasteiger partial charge is 0.481 e. The fraction of sp³-hybridized carbons (Fsp3) is 0.353. The molecule has 0 unspecified atom stereocenters. The van der Waals surface area contributed by atoms with Gasteiger partial charge in [0.2, 0.25) is 5.88 Å². The molecule has 2 aromatic rings. The highest BCUT2D eigenvalue weighted by atomic mass is 16.5. The van der Waals surface area contributed by atoms with Gasteiger partial charge in [-0.1, -0.05) is 0 Å². The van der Waals surface area contributed by atoms with E-state index in [9.17, 15) is 9.59 Å². The number of fused-ring (bicyclic) bond motifs is 1. The van der Waals surface area contributed by atoms with Gasteiger partial charge < -0.3 is 14.6 Å². The lowest BCUT2D eigenvalue weighted by molar-refractivity contribution is 0.0970. The molecule has 1 aliphatic carbocycles. The van der Waals surface area contributed by atoms with Gasteiger partial charge in [0.15, 0.2) is 5.78 Å². The van der Waals surface area contributed by atoms with E-state index in [-0.39, 0.29) is 11.7 Å². The van der Waals surface area contributed by atoms with Crippen LogP contribution in [0.15, 0.2) is 18.3 Å². The van der Waals surface area contributed by atoms with Crippen molar-refractivity contribution in [3.05, 3.63) is 40.8 Å². The second-order valence-electron chi connectivity index (χ2n) is 5.68. The van der Waals surface area contributed by atoms with Gasteiger partial charge in [0, 0.05) is 30.8 Å². The zero-order valence-corrected chi connectivity index (χ0v) is 13.5. The van der Waals surface area contributed by atoms with Crippen molar-refractivity contribution in [2.45, 2.75) is 26.2 Å². The first-order chi connectivity index (χ1) is 11.0. The van der Waals surface area contributed by atoms with E-state index >= 15 is 0 Å². The Morgan fingerprint density at radius 3 is 2.74 bits per heavy atom. The number of aromatic nitrogens is 2. The van der Waals surface area contributed by atoms with Crippen LogP contribution in [0, 0.1) is 6.92 Å². The number of hydrogen-bond donors (Lipinski definition) is 1.